The van der Waals surface area contributed by atoms with Gasteiger partial charge in [-0.3, -0.25) is 9.69 Å². The van der Waals surface area contributed by atoms with Crippen LogP contribution >= 0.6 is 0 Å². The van der Waals surface area contributed by atoms with E-state index in [-0.39, 0.29) is 5.91 Å². The van der Waals surface area contributed by atoms with E-state index in [4.69, 9.17) is 4.74 Å². The quantitative estimate of drug-likeness (QED) is 0.834. The monoisotopic (exact) mass is 291 g/mol. The lowest BCUT2D eigenvalue weighted by atomic mass is 10.1. The maximum Gasteiger partial charge on any atom is 0.236 e. The zero-order chi connectivity index (χ0) is 15.1. The smallest absolute Gasteiger partial charge is 0.236 e. The summed E-state index contributed by atoms with van der Waals surface area (Å²) in [6.45, 7) is 4.83. The van der Waals surface area contributed by atoms with Crippen molar-refractivity contribution in [3.8, 4) is 5.75 Å². The van der Waals surface area contributed by atoms with Crippen LogP contribution in [0.3, 0.4) is 0 Å². The second-order valence-corrected chi connectivity index (χ2v) is 5.47. The molecule has 0 spiro atoms. The minimum atomic E-state index is 0.230. The molecule has 1 saturated heterocycles. The number of piperazine rings is 1. The zero-order valence-electron chi connectivity index (χ0n) is 13.0. The molecule has 1 aliphatic rings. The van der Waals surface area contributed by atoms with Gasteiger partial charge in [0, 0.05) is 32.7 Å². The average Bonchev–Trinajstić information content (AvgIpc) is 2.54. The van der Waals surface area contributed by atoms with Crippen LogP contribution < -0.4 is 10.1 Å². The summed E-state index contributed by atoms with van der Waals surface area (Å²) in [5, 5.41) is 3.26. The summed E-state index contributed by atoms with van der Waals surface area (Å²) in [6, 6.07) is 8.10. The predicted molar refractivity (Wildman–Crippen MR) is 83.6 cm³/mol. The molecule has 116 valence electrons. The van der Waals surface area contributed by atoms with Gasteiger partial charge in [0.15, 0.2) is 0 Å². The van der Waals surface area contributed by atoms with Crippen molar-refractivity contribution in [3.05, 3.63) is 29.8 Å². The number of nitrogens with one attached hydrogen (secondary N) is 1. The molecule has 0 saturated carbocycles. The molecule has 1 aromatic rings. The SMILES string of the molecule is COc1ccc(CCN(C)CC(=O)N2CCNCC2)cc1. The van der Waals surface area contributed by atoms with E-state index in [0.717, 1.165) is 44.9 Å². The van der Waals surface area contributed by atoms with Crippen LogP contribution in [0.25, 0.3) is 0 Å². The van der Waals surface area contributed by atoms with Gasteiger partial charge in [0.1, 0.15) is 5.75 Å². The van der Waals surface area contributed by atoms with E-state index < -0.39 is 0 Å². The summed E-state index contributed by atoms with van der Waals surface area (Å²) in [7, 11) is 3.67. The molecule has 21 heavy (non-hydrogen) atoms. The molecule has 0 unspecified atom stereocenters. The fourth-order valence-electron chi connectivity index (χ4n) is 2.44. The van der Waals surface area contributed by atoms with Gasteiger partial charge in [0.05, 0.1) is 13.7 Å². The van der Waals surface area contributed by atoms with Crippen molar-refractivity contribution in [2.24, 2.45) is 0 Å². The van der Waals surface area contributed by atoms with Crippen molar-refractivity contribution >= 4 is 5.91 Å². The Morgan fingerprint density at radius 3 is 2.57 bits per heavy atom. The van der Waals surface area contributed by atoms with E-state index in [1.54, 1.807) is 7.11 Å². The lowest BCUT2D eigenvalue weighted by Crippen LogP contribution is -2.49. The van der Waals surface area contributed by atoms with E-state index in [2.05, 4.69) is 22.3 Å². The molecular weight excluding hydrogens is 266 g/mol. The minimum absolute atomic E-state index is 0.230. The van der Waals surface area contributed by atoms with Gasteiger partial charge in [-0.2, -0.15) is 0 Å². The Morgan fingerprint density at radius 1 is 1.29 bits per heavy atom. The maximum absolute atomic E-state index is 12.1. The van der Waals surface area contributed by atoms with Crippen LogP contribution in [0.5, 0.6) is 5.75 Å². The summed E-state index contributed by atoms with van der Waals surface area (Å²) < 4.78 is 5.15. The number of ether oxygens (including phenoxy) is 1. The number of hydrogen-bond donors (Lipinski definition) is 1. The first kappa shape index (κ1) is 15.8. The van der Waals surface area contributed by atoms with Crippen molar-refractivity contribution in [3.63, 3.8) is 0 Å². The molecule has 5 heteroatoms. The summed E-state index contributed by atoms with van der Waals surface area (Å²) in [5.41, 5.74) is 1.26. The highest BCUT2D eigenvalue weighted by molar-refractivity contribution is 5.78. The Kier molecular flexibility index (Phi) is 6.02. The first-order valence-corrected chi connectivity index (χ1v) is 7.49. The molecule has 0 radical (unpaired) electrons. The normalized spacial score (nSPS) is 15.3. The molecule has 1 aliphatic heterocycles. The Hall–Kier alpha value is -1.59. The van der Waals surface area contributed by atoms with E-state index >= 15 is 0 Å². The number of hydrogen-bond acceptors (Lipinski definition) is 4. The van der Waals surface area contributed by atoms with Gasteiger partial charge in [0.2, 0.25) is 5.91 Å². The van der Waals surface area contributed by atoms with Crippen LogP contribution in [0.1, 0.15) is 5.56 Å². The van der Waals surface area contributed by atoms with Gasteiger partial charge in [-0.25, -0.2) is 0 Å². The zero-order valence-corrected chi connectivity index (χ0v) is 13.0. The van der Waals surface area contributed by atoms with Gasteiger partial charge in [-0.15, -0.1) is 0 Å². The standard InChI is InChI=1S/C16H25N3O2/c1-18(13-16(20)19-11-8-17-9-12-19)10-7-14-3-5-15(21-2)6-4-14/h3-6,17H,7-13H2,1-2H3. The molecule has 0 bridgehead atoms. The van der Waals surface area contributed by atoms with Gasteiger partial charge >= 0.3 is 0 Å². The molecule has 1 heterocycles. The summed E-state index contributed by atoms with van der Waals surface area (Å²) in [5.74, 6) is 1.11. The highest BCUT2D eigenvalue weighted by atomic mass is 16.5. The molecule has 1 N–H and O–H groups in total. The lowest BCUT2D eigenvalue weighted by molar-refractivity contribution is -0.132. The van der Waals surface area contributed by atoms with Gasteiger partial charge in [-0.05, 0) is 31.2 Å². The number of amides is 1. The highest BCUT2D eigenvalue weighted by Crippen LogP contribution is 2.11. The summed E-state index contributed by atoms with van der Waals surface area (Å²) in [4.78, 5) is 16.2. The molecule has 0 aromatic heterocycles. The van der Waals surface area contributed by atoms with Crippen molar-refractivity contribution in [2.45, 2.75) is 6.42 Å². The van der Waals surface area contributed by atoms with Gasteiger partial charge < -0.3 is 15.0 Å². The van der Waals surface area contributed by atoms with Gasteiger partial charge in [-0.1, -0.05) is 12.1 Å². The second kappa shape index (κ2) is 8.00. The molecule has 1 aromatic carbocycles. The van der Waals surface area contributed by atoms with E-state index in [1.807, 2.05) is 24.1 Å². The number of carbonyl (C=O) groups is 1. The van der Waals surface area contributed by atoms with Crippen LogP contribution in [-0.4, -0.2) is 69.1 Å². The number of carbonyl (C=O) groups excluding carboxylic acids is 1. The first-order valence-electron chi connectivity index (χ1n) is 7.49. The topological polar surface area (TPSA) is 44.8 Å². The average molecular weight is 291 g/mol. The summed E-state index contributed by atoms with van der Waals surface area (Å²) in [6.07, 6.45) is 0.940. The predicted octanol–water partition coefficient (Wildman–Crippen LogP) is 0.601. The molecule has 0 atom stereocenters. The van der Waals surface area contributed by atoms with E-state index in [1.165, 1.54) is 5.56 Å². The van der Waals surface area contributed by atoms with Crippen LogP contribution in [-0.2, 0) is 11.2 Å². The molecular formula is C16H25N3O2. The third-order valence-corrected chi connectivity index (χ3v) is 3.82. The Labute approximate surface area is 126 Å². The number of nitrogens with zero attached hydrogens (tertiary/aromatic N) is 2. The number of likely N-dealkylation sites (N-methyl/N-ethyl adjacent to an activating group) is 1. The van der Waals surface area contributed by atoms with Crippen LogP contribution in [0.4, 0.5) is 0 Å². The third-order valence-electron chi connectivity index (χ3n) is 3.82. The largest absolute Gasteiger partial charge is 0.497 e. The van der Waals surface area contributed by atoms with Gasteiger partial charge in [0.25, 0.3) is 0 Å². The number of benzene rings is 1. The molecule has 5 nitrogen and oxygen atoms in total. The van der Waals surface area contributed by atoms with Crippen LogP contribution in [0.2, 0.25) is 0 Å². The first-order chi connectivity index (χ1) is 10.2. The second-order valence-electron chi connectivity index (χ2n) is 5.47. The fourth-order valence-corrected chi connectivity index (χ4v) is 2.44. The van der Waals surface area contributed by atoms with E-state index in [0.29, 0.717) is 6.54 Å². The van der Waals surface area contributed by atoms with Crippen molar-refractivity contribution in [2.75, 3.05) is 53.4 Å². The minimum Gasteiger partial charge on any atom is -0.497 e. The Morgan fingerprint density at radius 2 is 1.95 bits per heavy atom. The van der Waals surface area contributed by atoms with Crippen LogP contribution in [0.15, 0.2) is 24.3 Å². The van der Waals surface area contributed by atoms with Crippen molar-refractivity contribution < 1.29 is 9.53 Å². The highest BCUT2D eigenvalue weighted by Gasteiger charge is 2.17. The van der Waals surface area contributed by atoms with Crippen molar-refractivity contribution in [1.82, 2.24) is 15.1 Å². The molecule has 1 fully saturated rings. The third kappa shape index (κ3) is 5.02. The van der Waals surface area contributed by atoms with E-state index in [9.17, 15) is 4.79 Å². The lowest BCUT2D eigenvalue weighted by Gasteiger charge is -2.29. The Bertz CT molecular complexity index is 441. The fraction of sp³-hybridized carbons (Fsp3) is 0.562. The molecule has 0 aliphatic carbocycles. The molecule has 2 rings (SSSR count). The van der Waals surface area contributed by atoms with Crippen LogP contribution in [0, 0.1) is 0 Å². The Balaban J connectivity index is 1.73. The number of methoxy groups -OCH3 is 1. The number of rotatable bonds is 6. The maximum atomic E-state index is 12.1. The van der Waals surface area contributed by atoms with Crippen molar-refractivity contribution in [1.29, 1.82) is 0 Å². The molecule has 1 amide bonds. The summed E-state index contributed by atoms with van der Waals surface area (Å²) >= 11 is 0.